The third-order valence-electron chi connectivity index (χ3n) is 2.97. The molecule has 0 aliphatic carbocycles. The Morgan fingerprint density at radius 3 is 2.89 bits per heavy atom. The number of nitrogens with one attached hydrogen (secondary N) is 1. The first-order chi connectivity index (χ1) is 8.76. The average molecular weight is 253 g/mol. The van der Waals surface area contributed by atoms with Gasteiger partial charge >= 0.3 is 0 Å². The molecule has 4 nitrogen and oxygen atoms in total. The van der Waals surface area contributed by atoms with E-state index in [0.717, 1.165) is 39.0 Å². The third kappa shape index (κ3) is 6.17. The van der Waals surface area contributed by atoms with Crippen LogP contribution in [0, 0.1) is 0 Å². The van der Waals surface area contributed by atoms with Crippen molar-refractivity contribution >= 4 is 0 Å². The van der Waals surface area contributed by atoms with Gasteiger partial charge in [0.05, 0.1) is 6.20 Å². The summed E-state index contributed by atoms with van der Waals surface area (Å²) in [5.41, 5.74) is 1.31. The molecular weight excluding hydrogens is 226 g/mol. The van der Waals surface area contributed by atoms with Crippen LogP contribution in [0.25, 0.3) is 0 Å². The second kappa shape index (κ2) is 9.11. The summed E-state index contributed by atoms with van der Waals surface area (Å²) in [4.78, 5) is 0. The summed E-state index contributed by atoms with van der Waals surface area (Å²) in [5, 5.41) is 7.84. The lowest BCUT2D eigenvalue weighted by Gasteiger charge is -2.17. The van der Waals surface area contributed by atoms with Crippen LogP contribution in [0.4, 0.5) is 0 Å². The van der Waals surface area contributed by atoms with Crippen LogP contribution < -0.4 is 5.32 Å². The third-order valence-corrected chi connectivity index (χ3v) is 2.97. The lowest BCUT2D eigenvalue weighted by molar-refractivity contribution is 0.140. The molecule has 1 heterocycles. The molecule has 1 aromatic heterocycles. The Morgan fingerprint density at radius 1 is 1.44 bits per heavy atom. The Kier molecular flexibility index (Phi) is 7.69. The number of aryl methyl sites for hydroxylation is 1. The van der Waals surface area contributed by atoms with E-state index in [9.17, 15) is 0 Å². The van der Waals surface area contributed by atoms with Crippen molar-refractivity contribution in [2.24, 2.45) is 7.05 Å². The Balaban J connectivity index is 2.34. The first kappa shape index (κ1) is 15.2. The van der Waals surface area contributed by atoms with Crippen LogP contribution in [-0.2, 0) is 18.2 Å². The van der Waals surface area contributed by atoms with E-state index in [1.807, 2.05) is 24.9 Å². The van der Waals surface area contributed by atoms with E-state index in [-0.39, 0.29) is 0 Å². The molecule has 0 saturated heterocycles. The summed E-state index contributed by atoms with van der Waals surface area (Å²) in [6, 6.07) is 0.537. The normalized spacial score (nSPS) is 12.8. The maximum atomic E-state index is 5.40. The van der Waals surface area contributed by atoms with Gasteiger partial charge in [-0.2, -0.15) is 5.10 Å². The Labute approximate surface area is 111 Å². The molecule has 0 aromatic carbocycles. The summed E-state index contributed by atoms with van der Waals surface area (Å²) in [7, 11) is 1.97. The number of rotatable bonds is 10. The van der Waals surface area contributed by atoms with Crippen LogP contribution in [0.2, 0.25) is 0 Å². The smallest absolute Gasteiger partial charge is 0.0522 e. The lowest BCUT2D eigenvalue weighted by Crippen LogP contribution is -2.32. The van der Waals surface area contributed by atoms with Gasteiger partial charge < -0.3 is 10.1 Å². The maximum Gasteiger partial charge on any atom is 0.0522 e. The maximum absolute atomic E-state index is 5.40. The quantitative estimate of drug-likeness (QED) is 0.649. The number of hydrogen-bond acceptors (Lipinski definition) is 3. The molecule has 18 heavy (non-hydrogen) atoms. The van der Waals surface area contributed by atoms with Crippen molar-refractivity contribution in [2.75, 3.05) is 19.8 Å². The second-order valence-electron chi connectivity index (χ2n) is 4.72. The molecule has 0 aliphatic rings. The van der Waals surface area contributed by atoms with Gasteiger partial charge in [-0.3, -0.25) is 4.68 Å². The zero-order valence-electron chi connectivity index (χ0n) is 12.0. The molecule has 0 fully saturated rings. The van der Waals surface area contributed by atoms with Crippen molar-refractivity contribution in [1.82, 2.24) is 15.1 Å². The topological polar surface area (TPSA) is 39.1 Å². The lowest BCUT2D eigenvalue weighted by atomic mass is 10.0. The van der Waals surface area contributed by atoms with Crippen LogP contribution in [0.5, 0.6) is 0 Å². The van der Waals surface area contributed by atoms with Crippen molar-refractivity contribution in [3.8, 4) is 0 Å². The van der Waals surface area contributed by atoms with Crippen LogP contribution in [-0.4, -0.2) is 35.6 Å². The SMILES string of the molecule is CCCNC(CCCOCC)Cc1cnn(C)c1. The van der Waals surface area contributed by atoms with Gasteiger partial charge in [0.1, 0.15) is 0 Å². The minimum atomic E-state index is 0.537. The molecule has 0 bridgehead atoms. The van der Waals surface area contributed by atoms with Gasteiger partial charge in [0.15, 0.2) is 0 Å². The number of aromatic nitrogens is 2. The minimum Gasteiger partial charge on any atom is -0.382 e. The van der Waals surface area contributed by atoms with Gasteiger partial charge in [0.2, 0.25) is 0 Å². The van der Waals surface area contributed by atoms with Crippen molar-refractivity contribution in [3.63, 3.8) is 0 Å². The van der Waals surface area contributed by atoms with Gasteiger partial charge in [-0.1, -0.05) is 6.92 Å². The molecular formula is C14H27N3O. The van der Waals surface area contributed by atoms with Crippen LogP contribution in [0.3, 0.4) is 0 Å². The van der Waals surface area contributed by atoms with Gasteiger partial charge in [-0.15, -0.1) is 0 Å². The molecule has 1 rings (SSSR count). The summed E-state index contributed by atoms with van der Waals surface area (Å²) < 4.78 is 7.27. The second-order valence-corrected chi connectivity index (χ2v) is 4.72. The summed E-state index contributed by atoms with van der Waals surface area (Å²) in [5.74, 6) is 0. The molecule has 0 aliphatic heterocycles. The van der Waals surface area contributed by atoms with Gasteiger partial charge in [-0.25, -0.2) is 0 Å². The van der Waals surface area contributed by atoms with Gasteiger partial charge in [0.25, 0.3) is 0 Å². The van der Waals surface area contributed by atoms with E-state index in [4.69, 9.17) is 4.74 Å². The molecule has 104 valence electrons. The molecule has 1 atom stereocenters. The first-order valence-corrected chi connectivity index (χ1v) is 7.04. The van der Waals surface area contributed by atoms with E-state index in [1.165, 1.54) is 12.0 Å². The number of nitrogens with zero attached hydrogens (tertiary/aromatic N) is 2. The van der Waals surface area contributed by atoms with E-state index in [1.54, 1.807) is 0 Å². The number of ether oxygens (including phenoxy) is 1. The van der Waals surface area contributed by atoms with Crippen molar-refractivity contribution in [1.29, 1.82) is 0 Å². The molecule has 1 unspecified atom stereocenters. The summed E-state index contributed by atoms with van der Waals surface area (Å²) in [6.07, 6.45) is 8.58. The fourth-order valence-corrected chi connectivity index (χ4v) is 2.06. The molecule has 0 amide bonds. The molecule has 1 aromatic rings. The van der Waals surface area contributed by atoms with Crippen LogP contribution in [0.1, 0.15) is 38.7 Å². The Morgan fingerprint density at radius 2 is 2.28 bits per heavy atom. The van der Waals surface area contributed by atoms with Crippen molar-refractivity contribution in [2.45, 2.75) is 45.6 Å². The van der Waals surface area contributed by atoms with Crippen molar-refractivity contribution < 1.29 is 4.74 Å². The Bertz CT molecular complexity index is 312. The first-order valence-electron chi connectivity index (χ1n) is 7.04. The summed E-state index contributed by atoms with van der Waals surface area (Å²) in [6.45, 7) is 7.01. The molecule has 1 N–H and O–H groups in total. The molecule has 0 saturated carbocycles. The monoisotopic (exact) mass is 253 g/mol. The largest absolute Gasteiger partial charge is 0.382 e. The molecule has 4 heteroatoms. The number of hydrogen-bond donors (Lipinski definition) is 1. The highest BCUT2D eigenvalue weighted by Crippen LogP contribution is 2.07. The van der Waals surface area contributed by atoms with E-state index < -0.39 is 0 Å². The predicted octanol–water partition coefficient (Wildman–Crippen LogP) is 2.15. The van der Waals surface area contributed by atoms with Gasteiger partial charge in [0, 0.05) is 32.5 Å². The summed E-state index contributed by atoms with van der Waals surface area (Å²) >= 11 is 0. The molecule has 0 radical (unpaired) electrons. The van der Waals surface area contributed by atoms with Crippen LogP contribution >= 0.6 is 0 Å². The van der Waals surface area contributed by atoms with E-state index in [2.05, 4.69) is 23.5 Å². The average Bonchev–Trinajstić information content (AvgIpc) is 2.77. The highest BCUT2D eigenvalue weighted by Gasteiger charge is 2.09. The fourth-order valence-electron chi connectivity index (χ4n) is 2.06. The predicted molar refractivity (Wildman–Crippen MR) is 74.7 cm³/mol. The fraction of sp³-hybridized carbons (Fsp3) is 0.786. The molecule has 0 spiro atoms. The van der Waals surface area contributed by atoms with E-state index >= 15 is 0 Å². The standard InChI is InChI=1S/C14H27N3O/c1-4-8-15-14(7-6-9-18-5-2)10-13-11-16-17(3)12-13/h11-12,14-15H,4-10H2,1-3H3. The minimum absolute atomic E-state index is 0.537. The zero-order valence-corrected chi connectivity index (χ0v) is 12.0. The van der Waals surface area contributed by atoms with Gasteiger partial charge in [-0.05, 0) is 44.7 Å². The Hall–Kier alpha value is -0.870. The van der Waals surface area contributed by atoms with Crippen molar-refractivity contribution in [3.05, 3.63) is 18.0 Å². The highest BCUT2D eigenvalue weighted by atomic mass is 16.5. The highest BCUT2D eigenvalue weighted by molar-refractivity contribution is 5.05. The zero-order chi connectivity index (χ0) is 13.2. The van der Waals surface area contributed by atoms with E-state index in [0.29, 0.717) is 6.04 Å². The van der Waals surface area contributed by atoms with Crippen LogP contribution in [0.15, 0.2) is 12.4 Å².